The van der Waals surface area contributed by atoms with E-state index in [0.717, 1.165) is 17.4 Å². The number of rotatable bonds is 3. The fraction of sp³-hybridized carbons (Fsp3) is 0.263. The zero-order chi connectivity index (χ0) is 20.1. The van der Waals surface area contributed by atoms with Gasteiger partial charge in [-0.1, -0.05) is 18.2 Å². The van der Waals surface area contributed by atoms with Crippen LogP contribution in [0.5, 0.6) is 0 Å². The Balaban J connectivity index is 2.30. The first-order valence-corrected chi connectivity index (χ1v) is 9.27. The Morgan fingerprint density at radius 1 is 1.25 bits per heavy atom. The zero-order valence-electron chi connectivity index (χ0n) is 15.1. The Labute approximate surface area is 164 Å². The lowest BCUT2D eigenvalue weighted by Crippen LogP contribution is -2.42. The molecule has 0 radical (unpaired) electrons. The van der Waals surface area contributed by atoms with Crippen LogP contribution in [-0.4, -0.2) is 54.8 Å². The van der Waals surface area contributed by atoms with Gasteiger partial charge in [0.15, 0.2) is 5.57 Å². The number of nitrogens with zero attached hydrogens (tertiary/aromatic N) is 3. The molecule has 1 aliphatic rings. The molecule has 28 heavy (non-hydrogen) atoms. The molecule has 1 aromatic carbocycles. The molecule has 0 aliphatic carbocycles. The van der Waals surface area contributed by atoms with Crippen molar-refractivity contribution in [2.75, 3.05) is 33.4 Å². The van der Waals surface area contributed by atoms with Crippen LogP contribution in [0.25, 0.3) is 17.3 Å². The summed E-state index contributed by atoms with van der Waals surface area (Å²) in [5.74, 6) is -1.16. The van der Waals surface area contributed by atoms with Crippen LogP contribution in [0.4, 0.5) is 0 Å². The predicted octanol–water partition coefficient (Wildman–Crippen LogP) is -0.614. The highest BCUT2D eigenvalue weighted by Crippen LogP contribution is 2.07. The highest BCUT2D eigenvalue weighted by molar-refractivity contribution is 7.07. The number of methoxy groups -OCH3 is 1. The highest BCUT2D eigenvalue weighted by Gasteiger charge is 2.24. The van der Waals surface area contributed by atoms with Crippen LogP contribution >= 0.6 is 11.3 Å². The van der Waals surface area contributed by atoms with E-state index in [4.69, 9.17) is 4.74 Å². The summed E-state index contributed by atoms with van der Waals surface area (Å²) in [5, 5.41) is 9.70. The molecular formula is C19H17N3O5S. The topological polar surface area (TPSA) is 102 Å². The van der Waals surface area contributed by atoms with Gasteiger partial charge in [-0.05, 0) is 12.1 Å². The Morgan fingerprint density at radius 3 is 2.54 bits per heavy atom. The molecule has 8 nitrogen and oxygen atoms in total. The number of aromatic nitrogens is 1. The SMILES string of the molecule is COC(=O)C=c1sc(=C(C#N)C(=O)N2CCOCC2)n(-c2ccccc2)c1=O. The molecule has 0 spiro atoms. The number of ether oxygens (including phenoxy) is 2. The first-order valence-electron chi connectivity index (χ1n) is 8.45. The van der Waals surface area contributed by atoms with E-state index in [0.29, 0.717) is 32.0 Å². The van der Waals surface area contributed by atoms with Crippen molar-refractivity contribution in [3.05, 3.63) is 49.9 Å². The second-order valence-corrected chi connectivity index (χ2v) is 6.84. The molecule has 1 fully saturated rings. The number of nitriles is 1. The van der Waals surface area contributed by atoms with Gasteiger partial charge in [0.05, 0.1) is 26.0 Å². The molecule has 1 amide bonds. The van der Waals surface area contributed by atoms with Gasteiger partial charge in [0, 0.05) is 19.2 Å². The molecule has 2 heterocycles. The van der Waals surface area contributed by atoms with Gasteiger partial charge >= 0.3 is 5.97 Å². The molecule has 0 bridgehead atoms. The Kier molecular flexibility index (Phi) is 6.03. The Hall–Kier alpha value is -3.22. The first kappa shape index (κ1) is 19.5. The second-order valence-electron chi connectivity index (χ2n) is 5.81. The fourth-order valence-electron chi connectivity index (χ4n) is 2.74. The van der Waals surface area contributed by atoms with E-state index in [1.165, 1.54) is 16.6 Å². The van der Waals surface area contributed by atoms with Gasteiger partial charge in [0.1, 0.15) is 15.3 Å². The maximum Gasteiger partial charge on any atom is 0.332 e. The maximum atomic E-state index is 12.9. The third kappa shape index (κ3) is 3.88. The van der Waals surface area contributed by atoms with Crippen LogP contribution in [0.2, 0.25) is 0 Å². The van der Waals surface area contributed by atoms with Crippen molar-refractivity contribution >= 4 is 34.9 Å². The van der Waals surface area contributed by atoms with E-state index < -0.39 is 17.4 Å². The van der Waals surface area contributed by atoms with Gasteiger partial charge in [-0.25, -0.2) is 4.79 Å². The first-order chi connectivity index (χ1) is 13.6. The third-order valence-electron chi connectivity index (χ3n) is 4.13. The summed E-state index contributed by atoms with van der Waals surface area (Å²) in [6.07, 6.45) is 1.06. The number of hydrogen-bond acceptors (Lipinski definition) is 7. The molecule has 9 heteroatoms. The molecule has 1 aliphatic heterocycles. The van der Waals surface area contributed by atoms with Crippen LogP contribution in [0.1, 0.15) is 0 Å². The third-order valence-corrected chi connectivity index (χ3v) is 5.22. The summed E-state index contributed by atoms with van der Waals surface area (Å²) < 4.78 is 11.4. The van der Waals surface area contributed by atoms with E-state index >= 15 is 0 Å². The lowest BCUT2D eigenvalue weighted by atomic mass is 10.2. The maximum absolute atomic E-state index is 12.9. The smallest absolute Gasteiger partial charge is 0.332 e. The normalized spacial score (nSPS) is 15.7. The Bertz CT molecular complexity index is 1110. The molecular weight excluding hydrogens is 382 g/mol. The summed E-state index contributed by atoms with van der Waals surface area (Å²) in [4.78, 5) is 39.0. The van der Waals surface area contributed by atoms with Gasteiger partial charge < -0.3 is 14.4 Å². The molecule has 3 rings (SSSR count). The van der Waals surface area contributed by atoms with Crippen LogP contribution in [0.15, 0.2) is 35.1 Å². The van der Waals surface area contributed by atoms with Gasteiger partial charge in [0.2, 0.25) is 0 Å². The van der Waals surface area contributed by atoms with Crippen molar-refractivity contribution in [2.24, 2.45) is 0 Å². The Morgan fingerprint density at radius 2 is 1.93 bits per heavy atom. The van der Waals surface area contributed by atoms with Crippen LogP contribution in [0, 0.1) is 11.3 Å². The van der Waals surface area contributed by atoms with Crippen LogP contribution < -0.4 is 14.8 Å². The number of benzene rings is 1. The van der Waals surface area contributed by atoms with Crippen LogP contribution in [0.3, 0.4) is 0 Å². The molecule has 144 valence electrons. The minimum absolute atomic E-state index is 0.0771. The van der Waals surface area contributed by atoms with Crippen molar-refractivity contribution in [1.29, 1.82) is 5.26 Å². The number of amides is 1. The highest BCUT2D eigenvalue weighted by atomic mass is 32.1. The lowest BCUT2D eigenvalue weighted by molar-refractivity contribution is -0.133. The van der Waals surface area contributed by atoms with Crippen molar-refractivity contribution in [3.8, 4) is 11.8 Å². The van der Waals surface area contributed by atoms with Gasteiger partial charge in [-0.3, -0.25) is 14.2 Å². The molecule has 1 saturated heterocycles. The van der Waals surface area contributed by atoms with E-state index in [1.54, 1.807) is 30.3 Å². The standard InChI is InChI=1S/C19H17N3O5S/c1-26-16(23)11-15-18(25)22(13-5-3-2-4-6-13)19(28-15)14(12-20)17(24)21-7-9-27-10-8-21/h2-6,11H,7-10H2,1H3. The predicted molar refractivity (Wildman–Crippen MR) is 102 cm³/mol. The molecule has 0 unspecified atom stereocenters. The molecule has 1 aromatic heterocycles. The van der Waals surface area contributed by atoms with Crippen molar-refractivity contribution in [1.82, 2.24) is 9.47 Å². The quantitative estimate of drug-likeness (QED) is 0.638. The number of para-hydroxylation sites is 1. The number of carbonyl (C=O) groups excluding carboxylic acids is 2. The lowest BCUT2D eigenvalue weighted by Gasteiger charge is -2.26. The summed E-state index contributed by atoms with van der Waals surface area (Å²) in [5.41, 5.74) is -0.165. The monoisotopic (exact) mass is 399 g/mol. The largest absolute Gasteiger partial charge is 0.466 e. The number of thiazole rings is 1. The summed E-state index contributed by atoms with van der Waals surface area (Å²) in [6.45, 7) is 1.52. The average Bonchev–Trinajstić information content (AvgIpc) is 3.05. The minimum Gasteiger partial charge on any atom is -0.466 e. The van der Waals surface area contributed by atoms with E-state index in [1.807, 2.05) is 6.07 Å². The zero-order valence-corrected chi connectivity index (χ0v) is 15.9. The molecule has 0 saturated carbocycles. The summed E-state index contributed by atoms with van der Waals surface area (Å²) >= 11 is 0.905. The van der Waals surface area contributed by atoms with Crippen molar-refractivity contribution in [3.63, 3.8) is 0 Å². The minimum atomic E-state index is -0.692. The van der Waals surface area contributed by atoms with E-state index in [-0.39, 0.29) is 14.8 Å². The van der Waals surface area contributed by atoms with Gasteiger partial charge in [0.25, 0.3) is 11.5 Å². The number of carbonyl (C=O) groups is 2. The number of hydrogen-bond donors (Lipinski definition) is 0. The second kappa shape index (κ2) is 8.65. The number of morpholine rings is 1. The van der Waals surface area contributed by atoms with Crippen LogP contribution in [-0.2, 0) is 19.1 Å². The van der Waals surface area contributed by atoms with Gasteiger partial charge in [-0.2, -0.15) is 5.26 Å². The fourth-order valence-corrected chi connectivity index (χ4v) is 3.80. The van der Waals surface area contributed by atoms with Crippen molar-refractivity contribution in [2.45, 2.75) is 0 Å². The van der Waals surface area contributed by atoms with Gasteiger partial charge in [-0.15, -0.1) is 11.3 Å². The summed E-state index contributed by atoms with van der Waals surface area (Å²) in [7, 11) is 1.21. The molecule has 0 atom stereocenters. The number of esters is 1. The molecule has 2 aromatic rings. The molecule has 0 N–H and O–H groups in total. The average molecular weight is 399 g/mol. The van der Waals surface area contributed by atoms with E-state index in [9.17, 15) is 19.6 Å². The van der Waals surface area contributed by atoms with E-state index in [2.05, 4.69) is 4.74 Å². The summed E-state index contributed by atoms with van der Waals surface area (Å²) in [6, 6.07) is 10.6. The van der Waals surface area contributed by atoms with Crippen molar-refractivity contribution < 1.29 is 19.1 Å².